The van der Waals surface area contributed by atoms with Crippen molar-refractivity contribution in [2.75, 3.05) is 20.1 Å². The first-order chi connectivity index (χ1) is 10.1. The highest BCUT2D eigenvalue weighted by molar-refractivity contribution is 5.79. The minimum atomic E-state index is 0.148. The molecule has 1 aromatic rings. The van der Waals surface area contributed by atoms with Gasteiger partial charge in [-0.3, -0.25) is 4.79 Å². The van der Waals surface area contributed by atoms with Gasteiger partial charge in [-0.2, -0.15) is 0 Å². The monoisotopic (exact) mass is 290 g/mol. The molecule has 4 nitrogen and oxygen atoms in total. The van der Waals surface area contributed by atoms with Gasteiger partial charge in [0.05, 0.1) is 12.5 Å². The second-order valence-corrected chi connectivity index (χ2v) is 5.93. The van der Waals surface area contributed by atoms with Crippen LogP contribution in [0, 0.1) is 0 Å². The molecule has 4 heteroatoms. The molecule has 21 heavy (non-hydrogen) atoms. The summed E-state index contributed by atoms with van der Waals surface area (Å²) in [5.41, 5.74) is 1.02. The molecule has 1 atom stereocenters. The number of benzene rings is 1. The lowest BCUT2D eigenvalue weighted by atomic mass is 10.1. The van der Waals surface area contributed by atoms with Gasteiger partial charge in [0.25, 0.3) is 0 Å². The summed E-state index contributed by atoms with van der Waals surface area (Å²) in [4.78, 5) is 14.5. The van der Waals surface area contributed by atoms with E-state index in [1.165, 1.54) is 0 Å². The van der Waals surface area contributed by atoms with Crippen LogP contribution in [0.5, 0.6) is 5.75 Å². The number of carbonyl (C=O) groups excluding carboxylic acids is 1. The van der Waals surface area contributed by atoms with Crippen molar-refractivity contribution in [1.29, 1.82) is 0 Å². The Labute approximate surface area is 127 Å². The van der Waals surface area contributed by atoms with Gasteiger partial charge in [0.2, 0.25) is 5.91 Å². The Balaban J connectivity index is 1.99. The summed E-state index contributed by atoms with van der Waals surface area (Å²) in [6, 6.07) is 8.20. The van der Waals surface area contributed by atoms with Crippen LogP contribution in [-0.4, -0.2) is 43.1 Å². The highest BCUT2D eigenvalue weighted by Gasteiger charge is 2.27. The van der Waals surface area contributed by atoms with Crippen molar-refractivity contribution in [2.45, 2.75) is 45.3 Å². The predicted octanol–water partition coefficient (Wildman–Crippen LogP) is 2.23. The largest absolute Gasteiger partial charge is 0.491 e. The molecule has 1 fully saturated rings. The molecule has 1 aliphatic rings. The zero-order valence-corrected chi connectivity index (χ0v) is 13.3. The highest BCUT2D eigenvalue weighted by atomic mass is 16.5. The third kappa shape index (κ3) is 4.46. The van der Waals surface area contributed by atoms with Gasteiger partial charge in [0, 0.05) is 19.1 Å². The van der Waals surface area contributed by atoms with E-state index in [0.717, 1.165) is 37.2 Å². The molecule has 1 aliphatic heterocycles. The summed E-state index contributed by atoms with van der Waals surface area (Å²) in [7, 11) is 1.94. The molecule has 1 saturated heterocycles. The number of likely N-dealkylation sites (tertiary alicyclic amines) is 1. The van der Waals surface area contributed by atoms with Crippen molar-refractivity contribution in [1.82, 2.24) is 10.2 Å². The first kappa shape index (κ1) is 15.8. The lowest BCUT2D eigenvalue weighted by molar-refractivity contribution is -0.131. The average molecular weight is 290 g/mol. The summed E-state index contributed by atoms with van der Waals surface area (Å²) in [5, 5.41) is 3.18. The van der Waals surface area contributed by atoms with Gasteiger partial charge in [-0.25, -0.2) is 0 Å². The predicted molar refractivity (Wildman–Crippen MR) is 84.6 cm³/mol. The molecule has 1 N–H and O–H groups in total. The van der Waals surface area contributed by atoms with E-state index in [4.69, 9.17) is 4.74 Å². The Morgan fingerprint density at radius 2 is 2.29 bits per heavy atom. The summed E-state index contributed by atoms with van der Waals surface area (Å²) < 4.78 is 5.69. The Bertz CT molecular complexity index is 474. The van der Waals surface area contributed by atoms with Gasteiger partial charge in [0.15, 0.2) is 0 Å². The summed E-state index contributed by atoms with van der Waals surface area (Å²) in [6.45, 7) is 5.77. The number of rotatable bonds is 6. The van der Waals surface area contributed by atoms with Crippen molar-refractivity contribution in [3.63, 3.8) is 0 Å². The van der Waals surface area contributed by atoms with Crippen LogP contribution in [0.4, 0.5) is 0 Å². The zero-order chi connectivity index (χ0) is 15.2. The molecular weight excluding hydrogens is 264 g/mol. The molecule has 0 radical (unpaired) electrons. The maximum Gasteiger partial charge on any atom is 0.227 e. The standard InChI is InChI=1S/C17H26N2O2/c1-13(2)21-16-8-4-6-14(10-16)11-17(20)19-9-5-7-15(19)12-18-3/h4,6,8,10,13,15,18H,5,7,9,11-12H2,1-3H3. The lowest BCUT2D eigenvalue weighted by Gasteiger charge is -2.24. The normalized spacial score (nSPS) is 18.3. The van der Waals surface area contributed by atoms with Crippen LogP contribution < -0.4 is 10.1 Å². The van der Waals surface area contributed by atoms with Gasteiger partial charge in [-0.1, -0.05) is 12.1 Å². The third-order valence-corrected chi connectivity index (χ3v) is 3.76. The molecule has 2 rings (SSSR count). The first-order valence-electron chi connectivity index (χ1n) is 7.80. The van der Waals surface area contributed by atoms with E-state index in [-0.39, 0.29) is 12.0 Å². The minimum Gasteiger partial charge on any atom is -0.491 e. The fourth-order valence-electron chi connectivity index (χ4n) is 2.89. The van der Waals surface area contributed by atoms with Crippen LogP contribution in [0.15, 0.2) is 24.3 Å². The maximum atomic E-state index is 12.5. The number of amides is 1. The molecule has 0 aromatic heterocycles. The van der Waals surface area contributed by atoms with Crippen LogP contribution in [0.2, 0.25) is 0 Å². The number of ether oxygens (including phenoxy) is 1. The van der Waals surface area contributed by atoms with Crippen LogP contribution >= 0.6 is 0 Å². The van der Waals surface area contributed by atoms with Crippen LogP contribution in [0.1, 0.15) is 32.3 Å². The molecule has 1 unspecified atom stereocenters. The SMILES string of the molecule is CNCC1CCCN1C(=O)Cc1cccc(OC(C)C)c1. The van der Waals surface area contributed by atoms with Crippen molar-refractivity contribution in [3.05, 3.63) is 29.8 Å². The van der Waals surface area contributed by atoms with Gasteiger partial charge < -0.3 is 15.0 Å². The molecule has 0 spiro atoms. The van der Waals surface area contributed by atoms with Crippen LogP contribution in [0.3, 0.4) is 0 Å². The van der Waals surface area contributed by atoms with Gasteiger partial charge >= 0.3 is 0 Å². The zero-order valence-electron chi connectivity index (χ0n) is 13.3. The van der Waals surface area contributed by atoms with Gasteiger partial charge in [-0.15, -0.1) is 0 Å². The number of nitrogens with zero attached hydrogens (tertiary/aromatic N) is 1. The Hall–Kier alpha value is -1.55. The van der Waals surface area contributed by atoms with Crippen molar-refractivity contribution in [3.8, 4) is 5.75 Å². The fourth-order valence-corrected chi connectivity index (χ4v) is 2.89. The quantitative estimate of drug-likeness (QED) is 0.873. The summed E-state index contributed by atoms with van der Waals surface area (Å²) in [6.07, 6.45) is 2.81. The van der Waals surface area contributed by atoms with Crippen LogP contribution in [-0.2, 0) is 11.2 Å². The molecule has 0 saturated carbocycles. The molecule has 116 valence electrons. The molecular formula is C17H26N2O2. The topological polar surface area (TPSA) is 41.6 Å². The van der Waals surface area contributed by atoms with Gasteiger partial charge in [0.1, 0.15) is 5.75 Å². The number of nitrogens with one attached hydrogen (secondary N) is 1. The van der Waals surface area contributed by atoms with E-state index < -0.39 is 0 Å². The third-order valence-electron chi connectivity index (χ3n) is 3.76. The van der Waals surface area contributed by atoms with E-state index in [2.05, 4.69) is 5.32 Å². The molecule has 1 aromatic carbocycles. The fraction of sp³-hybridized carbons (Fsp3) is 0.588. The number of hydrogen-bond donors (Lipinski definition) is 1. The van der Waals surface area contributed by atoms with E-state index in [0.29, 0.717) is 12.5 Å². The molecule has 0 aliphatic carbocycles. The Kier molecular flexibility index (Phi) is 5.62. The number of likely N-dealkylation sites (N-methyl/N-ethyl adjacent to an activating group) is 1. The highest BCUT2D eigenvalue weighted by Crippen LogP contribution is 2.20. The smallest absolute Gasteiger partial charge is 0.227 e. The van der Waals surface area contributed by atoms with E-state index in [9.17, 15) is 4.79 Å². The van der Waals surface area contributed by atoms with Crippen molar-refractivity contribution >= 4 is 5.91 Å². The lowest BCUT2D eigenvalue weighted by Crippen LogP contribution is -2.41. The number of hydrogen-bond acceptors (Lipinski definition) is 3. The second-order valence-electron chi connectivity index (χ2n) is 5.93. The maximum absolute atomic E-state index is 12.5. The van der Waals surface area contributed by atoms with E-state index in [1.54, 1.807) is 0 Å². The average Bonchev–Trinajstić information content (AvgIpc) is 2.87. The summed E-state index contributed by atoms with van der Waals surface area (Å²) in [5.74, 6) is 1.05. The summed E-state index contributed by atoms with van der Waals surface area (Å²) >= 11 is 0. The van der Waals surface area contributed by atoms with Crippen LogP contribution in [0.25, 0.3) is 0 Å². The second kappa shape index (κ2) is 7.46. The van der Waals surface area contributed by atoms with E-state index in [1.807, 2.05) is 50.1 Å². The van der Waals surface area contributed by atoms with Gasteiger partial charge in [-0.05, 0) is 51.4 Å². The first-order valence-corrected chi connectivity index (χ1v) is 7.80. The molecule has 1 amide bonds. The van der Waals surface area contributed by atoms with Crippen molar-refractivity contribution in [2.24, 2.45) is 0 Å². The Morgan fingerprint density at radius 3 is 3.00 bits per heavy atom. The van der Waals surface area contributed by atoms with Crippen molar-refractivity contribution < 1.29 is 9.53 Å². The molecule has 0 bridgehead atoms. The molecule has 1 heterocycles. The van der Waals surface area contributed by atoms with E-state index >= 15 is 0 Å². The number of carbonyl (C=O) groups is 1. The minimum absolute atomic E-state index is 0.148. The Morgan fingerprint density at radius 1 is 1.48 bits per heavy atom.